The minimum Gasteiger partial charge on any atom is -0.421 e. The summed E-state index contributed by atoms with van der Waals surface area (Å²) in [6.07, 6.45) is 1.30. The van der Waals surface area contributed by atoms with Gasteiger partial charge in [-0.25, -0.2) is 0 Å². The van der Waals surface area contributed by atoms with E-state index < -0.39 is 6.10 Å². The van der Waals surface area contributed by atoms with Crippen molar-refractivity contribution < 1.29 is 14.3 Å². The fraction of sp³-hybridized carbons (Fsp3) is 0.318. The summed E-state index contributed by atoms with van der Waals surface area (Å²) in [6, 6.07) is 15.7. The summed E-state index contributed by atoms with van der Waals surface area (Å²) >= 11 is 0. The van der Waals surface area contributed by atoms with Crippen molar-refractivity contribution in [3.8, 4) is 11.5 Å². The lowest BCUT2D eigenvalue weighted by molar-refractivity contribution is 0.0914. The Bertz CT molecular complexity index is 959. The molecule has 29 heavy (non-hydrogen) atoms. The minimum absolute atomic E-state index is 0.191. The Morgan fingerprint density at radius 3 is 2.41 bits per heavy atom. The molecule has 1 unspecified atom stereocenters. The first kappa shape index (κ1) is 19.3. The molecule has 0 radical (unpaired) electrons. The lowest BCUT2D eigenvalue weighted by atomic mass is 10.1. The number of aliphatic hydroxyl groups is 1. The smallest absolute Gasteiger partial charge is 0.251 e. The van der Waals surface area contributed by atoms with Gasteiger partial charge >= 0.3 is 0 Å². The summed E-state index contributed by atoms with van der Waals surface area (Å²) in [6.45, 7) is 2.36. The quantitative estimate of drug-likeness (QED) is 0.568. The fourth-order valence-corrected chi connectivity index (χ4v) is 3.57. The summed E-state index contributed by atoms with van der Waals surface area (Å²) in [5, 5.41) is 24.1. The molecule has 1 atom stereocenters. The number of aliphatic hydroxyl groups excluding tert-OH is 1. The Morgan fingerprint density at radius 2 is 1.79 bits per heavy atom. The van der Waals surface area contributed by atoms with Crippen LogP contribution < -0.4 is 10.6 Å². The zero-order valence-corrected chi connectivity index (χ0v) is 16.3. The van der Waals surface area contributed by atoms with Gasteiger partial charge in [0.2, 0.25) is 11.8 Å². The van der Waals surface area contributed by atoms with Gasteiger partial charge in [0, 0.05) is 37.2 Å². The molecular formula is C22H24N4O3. The molecule has 2 aromatic carbocycles. The Hall–Kier alpha value is -3.03. The molecule has 1 aliphatic rings. The highest BCUT2D eigenvalue weighted by Crippen LogP contribution is 2.21. The van der Waals surface area contributed by atoms with E-state index in [0.717, 1.165) is 18.4 Å². The molecule has 150 valence electrons. The predicted molar refractivity (Wildman–Crippen MR) is 108 cm³/mol. The minimum atomic E-state index is -0.650. The molecule has 1 aliphatic carbocycles. The van der Waals surface area contributed by atoms with Crippen LogP contribution in [0.2, 0.25) is 0 Å². The number of aryl methyl sites for hydroxylation is 1. The van der Waals surface area contributed by atoms with E-state index in [1.807, 2.05) is 0 Å². The Balaban J connectivity index is 1.22. The van der Waals surface area contributed by atoms with Gasteiger partial charge in [-0.15, -0.1) is 10.2 Å². The number of aromatic nitrogens is 2. The summed E-state index contributed by atoms with van der Waals surface area (Å²) in [5.41, 5.74) is 4.00. The highest BCUT2D eigenvalue weighted by atomic mass is 16.4. The summed E-state index contributed by atoms with van der Waals surface area (Å²) < 4.78 is 5.38. The molecule has 1 heterocycles. The van der Waals surface area contributed by atoms with Crippen molar-refractivity contribution in [1.29, 1.82) is 0 Å². The summed E-state index contributed by atoms with van der Waals surface area (Å²) in [5.74, 6) is 0.682. The van der Waals surface area contributed by atoms with E-state index in [1.54, 1.807) is 31.2 Å². The normalized spacial score (nSPS) is 14.6. The zero-order valence-electron chi connectivity index (χ0n) is 16.3. The monoisotopic (exact) mass is 392 g/mol. The number of carbonyl (C=O) groups excluding carboxylic acids is 1. The number of benzene rings is 2. The predicted octanol–water partition coefficient (Wildman–Crippen LogP) is 1.89. The Morgan fingerprint density at radius 1 is 1.10 bits per heavy atom. The summed E-state index contributed by atoms with van der Waals surface area (Å²) in [4.78, 5) is 12.3. The molecule has 0 fully saturated rings. The third-order valence-electron chi connectivity index (χ3n) is 5.11. The van der Waals surface area contributed by atoms with Gasteiger partial charge in [-0.3, -0.25) is 4.79 Å². The SMILES string of the molecule is Cc1nnc(-c2ccc(C(=O)NCC(O)CNC3Cc4ccccc4C3)cc2)o1. The average molecular weight is 392 g/mol. The van der Waals surface area contributed by atoms with E-state index in [1.165, 1.54) is 11.1 Å². The number of amides is 1. The second kappa shape index (κ2) is 8.55. The number of hydrogen-bond donors (Lipinski definition) is 3. The van der Waals surface area contributed by atoms with Crippen molar-refractivity contribution in [2.45, 2.75) is 31.9 Å². The first-order valence-electron chi connectivity index (χ1n) is 9.75. The van der Waals surface area contributed by atoms with Crippen molar-refractivity contribution in [3.63, 3.8) is 0 Å². The third kappa shape index (κ3) is 4.70. The van der Waals surface area contributed by atoms with Gasteiger partial charge in [-0.1, -0.05) is 24.3 Å². The van der Waals surface area contributed by atoms with Crippen LogP contribution in [0.5, 0.6) is 0 Å². The van der Waals surface area contributed by atoms with Crippen molar-refractivity contribution in [1.82, 2.24) is 20.8 Å². The van der Waals surface area contributed by atoms with Crippen LogP contribution in [0.3, 0.4) is 0 Å². The lowest BCUT2D eigenvalue weighted by Crippen LogP contribution is -2.41. The van der Waals surface area contributed by atoms with Crippen LogP contribution in [0.25, 0.3) is 11.5 Å². The highest BCUT2D eigenvalue weighted by Gasteiger charge is 2.21. The molecule has 0 saturated carbocycles. The maximum atomic E-state index is 12.3. The van der Waals surface area contributed by atoms with Crippen LogP contribution >= 0.6 is 0 Å². The van der Waals surface area contributed by atoms with Crippen LogP contribution in [0, 0.1) is 6.92 Å². The Labute approximate surface area is 169 Å². The van der Waals surface area contributed by atoms with Crippen LogP contribution in [0.1, 0.15) is 27.4 Å². The molecule has 7 heteroatoms. The maximum absolute atomic E-state index is 12.3. The second-order valence-corrected chi connectivity index (χ2v) is 7.35. The lowest BCUT2D eigenvalue weighted by Gasteiger charge is -2.16. The van der Waals surface area contributed by atoms with Gasteiger partial charge in [0.05, 0.1) is 6.10 Å². The number of fused-ring (bicyclic) bond motifs is 1. The topological polar surface area (TPSA) is 100 Å². The molecule has 0 spiro atoms. The van der Waals surface area contributed by atoms with E-state index >= 15 is 0 Å². The number of carbonyl (C=O) groups is 1. The molecule has 4 rings (SSSR count). The van der Waals surface area contributed by atoms with Crippen LogP contribution in [-0.4, -0.2) is 46.4 Å². The standard InChI is InChI=1S/C22H24N4O3/c1-14-25-26-22(29-14)16-8-6-15(7-9-16)21(28)24-13-20(27)12-23-19-10-17-4-2-3-5-18(17)11-19/h2-9,19-20,23,27H,10-13H2,1H3,(H,24,28). The largest absolute Gasteiger partial charge is 0.421 e. The van der Waals surface area contributed by atoms with Crippen LogP contribution in [0.4, 0.5) is 0 Å². The number of nitrogens with zero attached hydrogens (tertiary/aromatic N) is 2. The number of hydrogen-bond acceptors (Lipinski definition) is 6. The van der Waals surface area contributed by atoms with Gasteiger partial charge in [0.1, 0.15) is 0 Å². The Kier molecular flexibility index (Phi) is 5.69. The second-order valence-electron chi connectivity index (χ2n) is 7.35. The highest BCUT2D eigenvalue weighted by molar-refractivity contribution is 5.94. The van der Waals surface area contributed by atoms with Gasteiger partial charge in [-0.2, -0.15) is 0 Å². The van der Waals surface area contributed by atoms with E-state index in [0.29, 0.717) is 29.9 Å². The van der Waals surface area contributed by atoms with Gasteiger partial charge in [0.15, 0.2) is 0 Å². The fourth-order valence-electron chi connectivity index (χ4n) is 3.57. The molecule has 3 aromatic rings. The van der Waals surface area contributed by atoms with Crippen LogP contribution in [-0.2, 0) is 12.8 Å². The van der Waals surface area contributed by atoms with Gasteiger partial charge < -0.3 is 20.2 Å². The van der Waals surface area contributed by atoms with Crippen LogP contribution in [0.15, 0.2) is 52.9 Å². The maximum Gasteiger partial charge on any atom is 0.251 e. The van der Waals surface area contributed by atoms with Gasteiger partial charge in [0.25, 0.3) is 5.91 Å². The van der Waals surface area contributed by atoms with Gasteiger partial charge in [-0.05, 0) is 48.2 Å². The van der Waals surface area contributed by atoms with E-state index in [4.69, 9.17) is 4.42 Å². The first-order valence-corrected chi connectivity index (χ1v) is 9.75. The van der Waals surface area contributed by atoms with Crippen molar-refractivity contribution in [2.75, 3.05) is 13.1 Å². The average Bonchev–Trinajstić information content (AvgIpc) is 3.36. The molecule has 3 N–H and O–H groups in total. The summed E-state index contributed by atoms with van der Waals surface area (Å²) in [7, 11) is 0. The van der Waals surface area contributed by atoms with E-state index in [9.17, 15) is 9.90 Å². The molecule has 1 amide bonds. The number of nitrogens with one attached hydrogen (secondary N) is 2. The first-order chi connectivity index (χ1) is 14.1. The van der Waals surface area contributed by atoms with E-state index in [-0.39, 0.29) is 12.5 Å². The molecule has 0 saturated heterocycles. The number of rotatable bonds is 7. The van der Waals surface area contributed by atoms with Crippen molar-refractivity contribution >= 4 is 5.91 Å². The molecule has 7 nitrogen and oxygen atoms in total. The third-order valence-corrected chi connectivity index (χ3v) is 5.11. The van der Waals surface area contributed by atoms with Crippen molar-refractivity contribution in [3.05, 3.63) is 71.1 Å². The van der Waals surface area contributed by atoms with Crippen molar-refractivity contribution in [2.24, 2.45) is 0 Å². The van der Waals surface area contributed by atoms with E-state index in [2.05, 4.69) is 45.1 Å². The molecular weight excluding hydrogens is 368 g/mol. The molecule has 0 aliphatic heterocycles. The molecule has 0 bridgehead atoms. The zero-order chi connectivity index (χ0) is 20.2. The molecule has 1 aromatic heterocycles.